The van der Waals surface area contributed by atoms with E-state index in [9.17, 15) is 0 Å². The maximum Gasteiger partial charge on any atom is 0.0357 e. The first-order valence-electron chi connectivity index (χ1n) is 3.13. The van der Waals surface area contributed by atoms with Crippen LogP contribution in [0.5, 0.6) is 0 Å². The number of aliphatic imine (C=N–C) groups is 1. The van der Waals surface area contributed by atoms with Crippen LogP contribution in [0, 0.1) is 0 Å². The summed E-state index contributed by atoms with van der Waals surface area (Å²) in [6, 6.07) is 0. The Labute approximate surface area is 62.3 Å². The molecule has 9 heavy (non-hydrogen) atoms. The van der Waals surface area contributed by atoms with E-state index in [-0.39, 0.29) is 0 Å². The van der Waals surface area contributed by atoms with Crippen molar-refractivity contribution in [1.82, 2.24) is 0 Å². The Kier molecular flexibility index (Phi) is 5.73. The third kappa shape index (κ3) is 5.63. The molecule has 2 heteroatoms. The highest BCUT2D eigenvalue weighted by Gasteiger charge is 1.80. The highest BCUT2D eigenvalue weighted by atomic mass is 32.1. The zero-order chi connectivity index (χ0) is 7.11. The van der Waals surface area contributed by atoms with Crippen LogP contribution in [0.2, 0.25) is 0 Å². The molecule has 0 heterocycles. The van der Waals surface area contributed by atoms with Gasteiger partial charge in [0, 0.05) is 19.2 Å². The molecular weight excluding hydrogens is 130 g/mol. The van der Waals surface area contributed by atoms with Gasteiger partial charge in [-0.05, 0) is 18.8 Å². The molecule has 0 atom stereocenters. The normalized spacial score (nSPS) is 13.0. The largest absolute Gasteiger partial charge is 0.297 e. The van der Waals surface area contributed by atoms with Crippen LogP contribution in [0.15, 0.2) is 16.0 Å². The lowest BCUT2D eigenvalue weighted by Gasteiger charge is -1.88. The van der Waals surface area contributed by atoms with E-state index in [4.69, 9.17) is 0 Å². The fourth-order valence-electron chi connectivity index (χ4n) is 0.405. The van der Waals surface area contributed by atoms with E-state index in [0.717, 1.165) is 17.9 Å². The summed E-state index contributed by atoms with van der Waals surface area (Å²) in [6.45, 7) is 4.86. The van der Waals surface area contributed by atoms with Gasteiger partial charge in [-0.3, -0.25) is 4.99 Å². The standard InChI is InChI=1S/C7H13NS/c1-3-7(9)5-6-8-4-2/h3,6,9H,4-5H2,1-2H3/b7-3+,8-6?. The third-order valence-corrected chi connectivity index (χ3v) is 1.39. The minimum atomic E-state index is 0.866. The number of hydrogen-bond donors (Lipinski definition) is 1. The van der Waals surface area contributed by atoms with Crippen molar-refractivity contribution >= 4 is 18.8 Å². The minimum absolute atomic E-state index is 0.866. The van der Waals surface area contributed by atoms with Crippen molar-refractivity contribution < 1.29 is 0 Å². The highest BCUT2D eigenvalue weighted by Crippen LogP contribution is 2.02. The van der Waals surface area contributed by atoms with Crippen molar-refractivity contribution in [2.75, 3.05) is 6.54 Å². The van der Waals surface area contributed by atoms with Gasteiger partial charge in [0.05, 0.1) is 0 Å². The Balaban J connectivity index is 3.38. The molecule has 0 aliphatic rings. The fourth-order valence-corrected chi connectivity index (χ4v) is 0.487. The molecule has 0 unspecified atom stereocenters. The van der Waals surface area contributed by atoms with E-state index in [1.165, 1.54) is 0 Å². The minimum Gasteiger partial charge on any atom is -0.297 e. The smallest absolute Gasteiger partial charge is 0.0357 e. The molecule has 52 valence electrons. The number of thiol groups is 1. The van der Waals surface area contributed by atoms with Gasteiger partial charge in [-0.2, -0.15) is 0 Å². The molecular formula is C7H13NS. The quantitative estimate of drug-likeness (QED) is 0.460. The lowest BCUT2D eigenvalue weighted by atomic mass is 10.4. The maximum atomic E-state index is 4.17. The van der Waals surface area contributed by atoms with Crippen LogP contribution in [0.25, 0.3) is 0 Å². The predicted octanol–water partition coefficient (Wildman–Crippen LogP) is 2.30. The zero-order valence-electron chi connectivity index (χ0n) is 5.96. The van der Waals surface area contributed by atoms with Crippen molar-refractivity contribution in [2.45, 2.75) is 20.3 Å². The molecule has 0 saturated carbocycles. The van der Waals surface area contributed by atoms with Crippen LogP contribution in [-0.2, 0) is 0 Å². The Bertz CT molecular complexity index is 116. The van der Waals surface area contributed by atoms with Gasteiger partial charge in [0.25, 0.3) is 0 Å². The van der Waals surface area contributed by atoms with Crippen molar-refractivity contribution in [3.05, 3.63) is 11.0 Å². The molecule has 0 rings (SSSR count). The number of hydrogen-bond acceptors (Lipinski definition) is 2. The first-order chi connectivity index (χ1) is 4.31. The van der Waals surface area contributed by atoms with Crippen molar-refractivity contribution in [2.24, 2.45) is 4.99 Å². The average Bonchev–Trinajstić information content (AvgIpc) is 1.89. The second-order valence-electron chi connectivity index (χ2n) is 1.67. The SMILES string of the molecule is C/C=C(/S)CC=NCC. The zero-order valence-corrected chi connectivity index (χ0v) is 6.86. The summed E-state index contributed by atoms with van der Waals surface area (Å²) >= 11 is 4.17. The second-order valence-corrected chi connectivity index (χ2v) is 2.24. The third-order valence-electron chi connectivity index (χ3n) is 0.945. The highest BCUT2D eigenvalue weighted by molar-refractivity contribution is 7.84. The van der Waals surface area contributed by atoms with Crippen LogP contribution in [0.4, 0.5) is 0 Å². The van der Waals surface area contributed by atoms with Gasteiger partial charge >= 0.3 is 0 Å². The summed E-state index contributed by atoms with van der Waals surface area (Å²) in [4.78, 5) is 5.12. The van der Waals surface area contributed by atoms with E-state index in [1.807, 2.05) is 26.1 Å². The maximum absolute atomic E-state index is 4.17. The summed E-state index contributed by atoms with van der Waals surface area (Å²) in [5.74, 6) is 0. The topological polar surface area (TPSA) is 12.4 Å². The van der Waals surface area contributed by atoms with E-state index in [2.05, 4.69) is 17.6 Å². The average molecular weight is 143 g/mol. The van der Waals surface area contributed by atoms with Gasteiger partial charge in [-0.15, -0.1) is 12.6 Å². The first-order valence-corrected chi connectivity index (χ1v) is 3.58. The van der Waals surface area contributed by atoms with Crippen LogP contribution in [-0.4, -0.2) is 12.8 Å². The van der Waals surface area contributed by atoms with E-state index >= 15 is 0 Å². The number of nitrogens with zero attached hydrogens (tertiary/aromatic N) is 1. The Morgan fingerprint density at radius 2 is 2.33 bits per heavy atom. The van der Waals surface area contributed by atoms with E-state index in [1.54, 1.807) is 0 Å². The number of allylic oxidation sites excluding steroid dienone is 2. The van der Waals surface area contributed by atoms with E-state index in [0.29, 0.717) is 0 Å². The van der Waals surface area contributed by atoms with Gasteiger partial charge in [0.1, 0.15) is 0 Å². The van der Waals surface area contributed by atoms with Gasteiger partial charge in [-0.1, -0.05) is 6.08 Å². The van der Waals surface area contributed by atoms with E-state index < -0.39 is 0 Å². The Morgan fingerprint density at radius 3 is 2.78 bits per heavy atom. The molecule has 0 N–H and O–H groups in total. The Hall–Kier alpha value is -0.240. The molecule has 0 spiro atoms. The number of rotatable bonds is 3. The lowest BCUT2D eigenvalue weighted by Crippen LogP contribution is -1.76. The molecule has 0 fully saturated rings. The van der Waals surface area contributed by atoms with Crippen LogP contribution in [0.3, 0.4) is 0 Å². The fraction of sp³-hybridized carbons (Fsp3) is 0.571. The molecule has 0 aliphatic carbocycles. The first kappa shape index (κ1) is 8.76. The summed E-state index contributed by atoms with van der Waals surface area (Å²) in [6.07, 6.45) is 4.74. The van der Waals surface area contributed by atoms with Gasteiger partial charge < -0.3 is 0 Å². The van der Waals surface area contributed by atoms with Crippen molar-refractivity contribution in [3.8, 4) is 0 Å². The van der Waals surface area contributed by atoms with Crippen LogP contribution in [0.1, 0.15) is 20.3 Å². The molecule has 0 aliphatic heterocycles. The second kappa shape index (κ2) is 5.89. The Morgan fingerprint density at radius 1 is 1.67 bits per heavy atom. The van der Waals surface area contributed by atoms with Gasteiger partial charge in [-0.25, -0.2) is 0 Å². The van der Waals surface area contributed by atoms with Crippen LogP contribution >= 0.6 is 12.6 Å². The van der Waals surface area contributed by atoms with Crippen molar-refractivity contribution in [3.63, 3.8) is 0 Å². The molecule has 0 bridgehead atoms. The molecule has 0 saturated heterocycles. The van der Waals surface area contributed by atoms with Crippen molar-refractivity contribution in [1.29, 1.82) is 0 Å². The molecule has 0 aromatic rings. The molecule has 0 radical (unpaired) electrons. The molecule has 1 nitrogen and oxygen atoms in total. The van der Waals surface area contributed by atoms with Gasteiger partial charge in [0.15, 0.2) is 0 Å². The monoisotopic (exact) mass is 143 g/mol. The summed E-state index contributed by atoms with van der Waals surface area (Å²) in [5.41, 5.74) is 0. The molecule has 0 aromatic carbocycles. The summed E-state index contributed by atoms with van der Waals surface area (Å²) < 4.78 is 0. The summed E-state index contributed by atoms with van der Waals surface area (Å²) in [5, 5.41) is 0. The van der Waals surface area contributed by atoms with Gasteiger partial charge in [0.2, 0.25) is 0 Å². The van der Waals surface area contributed by atoms with Crippen LogP contribution < -0.4 is 0 Å². The molecule has 0 aromatic heterocycles. The summed E-state index contributed by atoms with van der Waals surface area (Å²) in [7, 11) is 0. The molecule has 0 amide bonds. The predicted molar refractivity (Wildman–Crippen MR) is 46.4 cm³/mol. The lowest BCUT2D eigenvalue weighted by molar-refractivity contribution is 1.13.